The normalized spacial score (nSPS) is 11.7. The summed E-state index contributed by atoms with van der Waals surface area (Å²) in [7, 11) is 2.61. The van der Waals surface area contributed by atoms with Gasteiger partial charge in [-0.3, -0.25) is 0 Å². The molecule has 0 radical (unpaired) electrons. The smallest absolute Gasteiger partial charge is 0.377 e. The van der Waals surface area contributed by atoms with Gasteiger partial charge in [0.1, 0.15) is 23.2 Å². The third kappa shape index (κ3) is 6.34. The lowest BCUT2D eigenvalue weighted by Crippen LogP contribution is -2.25. The van der Waals surface area contributed by atoms with Gasteiger partial charge in [0.25, 0.3) is 0 Å². The van der Waals surface area contributed by atoms with Gasteiger partial charge >= 0.3 is 11.9 Å². The second-order valence-electron chi connectivity index (χ2n) is 6.04. The van der Waals surface area contributed by atoms with Gasteiger partial charge in [0.05, 0.1) is 14.2 Å². The molecule has 7 heteroatoms. The van der Waals surface area contributed by atoms with Crippen molar-refractivity contribution in [1.29, 1.82) is 0 Å². The topological polar surface area (TPSA) is 71.1 Å². The summed E-state index contributed by atoms with van der Waals surface area (Å²) in [6.07, 6.45) is 3.04. The molecule has 0 heterocycles. The van der Waals surface area contributed by atoms with E-state index >= 15 is 0 Å². The quantitative estimate of drug-likeness (QED) is 0.414. The van der Waals surface area contributed by atoms with Crippen LogP contribution < -0.4 is 4.74 Å². The molecular formula is C18H24O6S. The number of benzene rings is 1. The van der Waals surface area contributed by atoms with Crippen LogP contribution in [0.25, 0.3) is 0 Å². The predicted octanol–water partition coefficient (Wildman–Crippen LogP) is 3.54. The third-order valence-electron chi connectivity index (χ3n) is 2.85. The van der Waals surface area contributed by atoms with E-state index in [1.165, 1.54) is 14.2 Å². The first-order valence-corrected chi connectivity index (χ1v) is 8.96. The monoisotopic (exact) mass is 368 g/mol. The zero-order valence-electron chi connectivity index (χ0n) is 15.4. The molecule has 1 aromatic carbocycles. The van der Waals surface area contributed by atoms with Crippen molar-refractivity contribution in [1.82, 2.24) is 0 Å². The average molecular weight is 368 g/mol. The minimum atomic E-state index is -0.716. The van der Waals surface area contributed by atoms with E-state index in [0.29, 0.717) is 5.75 Å². The third-order valence-corrected chi connectivity index (χ3v) is 3.45. The Morgan fingerprint density at radius 2 is 1.88 bits per heavy atom. The number of ether oxygens (including phenoxy) is 4. The van der Waals surface area contributed by atoms with E-state index in [1.54, 1.807) is 44.7 Å². The molecule has 0 aromatic heterocycles. The summed E-state index contributed by atoms with van der Waals surface area (Å²) in [5, 5.41) is 0. The number of esters is 2. The fraction of sp³-hybridized carbons (Fsp3) is 0.444. The van der Waals surface area contributed by atoms with Crippen molar-refractivity contribution in [3.8, 4) is 5.75 Å². The van der Waals surface area contributed by atoms with E-state index in [2.05, 4.69) is 4.74 Å². The number of carbonyl (C=O) groups excluding carboxylic acids is 2. The minimum Gasteiger partial charge on any atom is -0.500 e. The molecule has 0 aliphatic carbocycles. The number of thioether (sulfide) groups is 1. The Kier molecular flexibility index (Phi) is 7.83. The molecule has 0 aliphatic rings. The van der Waals surface area contributed by atoms with Gasteiger partial charge < -0.3 is 18.9 Å². The van der Waals surface area contributed by atoms with Crippen molar-refractivity contribution < 1.29 is 28.5 Å². The summed E-state index contributed by atoms with van der Waals surface area (Å²) < 4.78 is 20.6. The van der Waals surface area contributed by atoms with E-state index in [4.69, 9.17) is 14.2 Å². The van der Waals surface area contributed by atoms with Crippen molar-refractivity contribution >= 4 is 23.7 Å². The van der Waals surface area contributed by atoms with Crippen LogP contribution >= 0.6 is 11.8 Å². The van der Waals surface area contributed by atoms with Gasteiger partial charge in [-0.25, -0.2) is 9.59 Å². The highest BCUT2D eigenvalue weighted by molar-refractivity contribution is 7.97. The second kappa shape index (κ2) is 9.36. The highest BCUT2D eigenvalue weighted by Gasteiger charge is 2.25. The van der Waals surface area contributed by atoms with Gasteiger partial charge in [-0.05, 0) is 38.7 Å². The Morgan fingerprint density at radius 3 is 2.40 bits per heavy atom. The SMILES string of the molecule is COC=C(Oc1cccc(CSC)c1C(=O)OC(C)(C)C)C(=O)OC. The average Bonchev–Trinajstić information content (AvgIpc) is 2.52. The van der Waals surface area contributed by atoms with Gasteiger partial charge in [0.2, 0.25) is 5.76 Å². The number of carbonyl (C=O) groups is 2. The Hall–Kier alpha value is -2.15. The van der Waals surface area contributed by atoms with E-state index in [1.807, 2.05) is 12.3 Å². The van der Waals surface area contributed by atoms with Crippen LogP contribution in [0, 0.1) is 0 Å². The highest BCUT2D eigenvalue weighted by Crippen LogP contribution is 2.29. The first-order chi connectivity index (χ1) is 11.7. The molecule has 0 amide bonds. The van der Waals surface area contributed by atoms with Gasteiger partial charge in [-0.15, -0.1) is 0 Å². The maximum atomic E-state index is 12.7. The van der Waals surface area contributed by atoms with Gasteiger partial charge in [0.15, 0.2) is 0 Å². The first kappa shape index (κ1) is 20.9. The Bertz CT molecular complexity index is 645. The number of rotatable bonds is 7. The zero-order chi connectivity index (χ0) is 19.0. The van der Waals surface area contributed by atoms with Crippen LogP contribution in [0.2, 0.25) is 0 Å². The summed E-state index contributed by atoms with van der Waals surface area (Å²) in [5.74, 6) is -0.612. The summed E-state index contributed by atoms with van der Waals surface area (Å²) >= 11 is 1.56. The van der Waals surface area contributed by atoms with Crippen LogP contribution in [-0.4, -0.2) is 38.0 Å². The van der Waals surface area contributed by atoms with Gasteiger partial charge in [-0.1, -0.05) is 12.1 Å². The van der Waals surface area contributed by atoms with Crippen LogP contribution in [0.5, 0.6) is 5.75 Å². The first-order valence-electron chi connectivity index (χ1n) is 7.56. The van der Waals surface area contributed by atoms with Crippen LogP contribution in [0.1, 0.15) is 36.7 Å². The van der Waals surface area contributed by atoms with Gasteiger partial charge in [-0.2, -0.15) is 11.8 Å². The van der Waals surface area contributed by atoms with Crippen molar-refractivity contribution in [2.24, 2.45) is 0 Å². The van der Waals surface area contributed by atoms with E-state index in [9.17, 15) is 9.59 Å². The molecule has 0 unspecified atom stereocenters. The van der Waals surface area contributed by atoms with Crippen molar-refractivity contribution in [2.75, 3.05) is 20.5 Å². The van der Waals surface area contributed by atoms with Crippen molar-refractivity contribution in [3.63, 3.8) is 0 Å². The Labute approximate surface area is 152 Å². The molecular weight excluding hydrogens is 344 g/mol. The lowest BCUT2D eigenvalue weighted by molar-refractivity contribution is -0.138. The zero-order valence-corrected chi connectivity index (χ0v) is 16.2. The van der Waals surface area contributed by atoms with Crippen molar-refractivity contribution in [3.05, 3.63) is 41.3 Å². The van der Waals surface area contributed by atoms with Crippen LogP contribution in [-0.2, 0) is 24.8 Å². The standard InChI is InChI=1S/C18H24O6S/c1-18(2,3)24-17(20)15-12(11-25-6)8-7-9-13(15)23-14(10-21-4)16(19)22-5/h7-10H,11H2,1-6H3. The van der Waals surface area contributed by atoms with Crippen LogP contribution in [0.4, 0.5) is 0 Å². The summed E-state index contributed by atoms with van der Waals surface area (Å²) in [4.78, 5) is 24.5. The second-order valence-corrected chi connectivity index (χ2v) is 6.90. The fourth-order valence-electron chi connectivity index (χ4n) is 1.94. The molecule has 25 heavy (non-hydrogen) atoms. The van der Waals surface area contributed by atoms with Crippen LogP contribution in [0.3, 0.4) is 0 Å². The lowest BCUT2D eigenvalue weighted by atomic mass is 10.1. The maximum absolute atomic E-state index is 12.7. The summed E-state index contributed by atoms with van der Waals surface area (Å²) in [6, 6.07) is 5.16. The minimum absolute atomic E-state index is 0.170. The lowest BCUT2D eigenvalue weighted by Gasteiger charge is -2.22. The van der Waals surface area contributed by atoms with E-state index in [-0.39, 0.29) is 17.1 Å². The highest BCUT2D eigenvalue weighted by atomic mass is 32.2. The molecule has 1 rings (SSSR count). The van der Waals surface area contributed by atoms with Crippen molar-refractivity contribution in [2.45, 2.75) is 32.1 Å². The molecule has 6 nitrogen and oxygen atoms in total. The molecule has 0 fully saturated rings. The summed E-state index contributed by atoms with van der Waals surface area (Å²) in [5.41, 5.74) is 0.368. The number of hydrogen-bond donors (Lipinski definition) is 0. The molecule has 0 bridgehead atoms. The number of hydrogen-bond acceptors (Lipinski definition) is 7. The molecule has 0 saturated carbocycles. The maximum Gasteiger partial charge on any atom is 0.377 e. The van der Waals surface area contributed by atoms with Crippen LogP contribution in [0.15, 0.2) is 30.2 Å². The van der Waals surface area contributed by atoms with E-state index in [0.717, 1.165) is 11.8 Å². The Morgan fingerprint density at radius 1 is 1.20 bits per heavy atom. The predicted molar refractivity (Wildman–Crippen MR) is 96.6 cm³/mol. The molecule has 1 aromatic rings. The molecule has 0 N–H and O–H groups in total. The Balaban J connectivity index is 3.34. The van der Waals surface area contributed by atoms with E-state index < -0.39 is 17.5 Å². The van der Waals surface area contributed by atoms with Gasteiger partial charge in [0, 0.05) is 5.75 Å². The molecule has 138 valence electrons. The molecule has 0 atom stereocenters. The molecule has 0 saturated heterocycles. The number of methoxy groups -OCH3 is 2. The molecule has 0 aliphatic heterocycles. The fourth-order valence-corrected chi connectivity index (χ4v) is 2.49. The molecule has 0 spiro atoms. The largest absolute Gasteiger partial charge is 0.500 e. The summed E-state index contributed by atoms with van der Waals surface area (Å²) in [6.45, 7) is 5.36.